The van der Waals surface area contributed by atoms with E-state index in [-0.39, 0.29) is 11.9 Å². The number of fused-ring (bicyclic) bond motifs is 1. The van der Waals surface area contributed by atoms with Crippen molar-refractivity contribution in [3.8, 4) is 0 Å². The fraction of sp³-hybridized carbons (Fsp3) is 0.471. The maximum absolute atomic E-state index is 12.5. The fourth-order valence-corrected chi connectivity index (χ4v) is 2.70. The molecule has 0 bridgehead atoms. The minimum absolute atomic E-state index is 0.0390. The van der Waals surface area contributed by atoms with Gasteiger partial charge in [0.15, 0.2) is 0 Å². The summed E-state index contributed by atoms with van der Waals surface area (Å²) in [4.78, 5) is 17.6. The van der Waals surface area contributed by atoms with Crippen LogP contribution in [0.2, 0.25) is 0 Å². The van der Waals surface area contributed by atoms with Crippen molar-refractivity contribution in [3.63, 3.8) is 0 Å². The van der Waals surface area contributed by atoms with Gasteiger partial charge >= 0.3 is 0 Å². The number of benzene rings is 1. The minimum Gasteiger partial charge on any atom is -0.361 e. The quantitative estimate of drug-likeness (QED) is 0.858. The highest BCUT2D eigenvalue weighted by Gasteiger charge is 2.23. The molecule has 0 spiro atoms. The lowest BCUT2D eigenvalue weighted by Crippen LogP contribution is -2.48. The Morgan fingerprint density at radius 2 is 2.05 bits per heavy atom. The van der Waals surface area contributed by atoms with E-state index < -0.39 is 6.04 Å². The van der Waals surface area contributed by atoms with Crippen molar-refractivity contribution in [1.82, 2.24) is 9.88 Å². The van der Waals surface area contributed by atoms with Crippen LogP contribution in [0.4, 0.5) is 0 Å². The second kappa shape index (κ2) is 6.76. The van der Waals surface area contributed by atoms with Gasteiger partial charge in [-0.25, -0.2) is 0 Å². The van der Waals surface area contributed by atoms with E-state index in [1.54, 1.807) is 0 Å². The van der Waals surface area contributed by atoms with Crippen LogP contribution in [0.25, 0.3) is 10.9 Å². The number of rotatable bonds is 6. The van der Waals surface area contributed by atoms with Crippen molar-refractivity contribution in [1.29, 1.82) is 0 Å². The first-order chi connectivity index (χ1) is 10.0. The number of amides is 1. The molecule has 1 atom stereocenters. The molecule has 0 aliphatic rings. The summed E-state index contributed by atoms with van der Waals surface area (Å²) in [6.45, 7) is 6.91. The summed E-state index contributed by atoms with van der Waals surface area (Å²) in [5.74, 6) is 0.0390. The lowest BCUT2D eigenvalue weighted by molar-refractivity contribution is -0.134. The van der Waals surface area contributed by atoms with Gasteiger partial charge in [0.1, 0.15) is 0 Å². The van der Waals surface area contributed by atoms with Crippen LogP contribution in [0.15, 0.2) is 30.5 Å². The van der Waals surface area contributed by atoms with Gasteiger partial charge in [0.05, 0.1) is 6.04 Å². The Bertz CT molecular complexity index is 603. The van der Waals surface area contributed by atoms with Crippen LogP contribution >= 0.6 is 0 Å². The lowest BCUT2D eigenvalue weighted by atomic mass is 10.0. The average Bonchev–Trinajstić information content (AvgIpc) is 2.87. The number of hydrogen-bond acceptors (Lipinski definition) is 2. The van der Waals surface area contributed by atoms with Gasteiger partial charge in [-0.2, -0.15) is 0 Å². The molecular weight excluding hydrogens is 262 g/mol. The van der Waals surface area contributed by atoms with E-state index in [2.05, 4.69) is 18.0 Å². The van der Waals surface area contributed by atoms with Gasteiger partial charge in [-0.3, -0.25) is 4.79 Å². The molecule has 0 aliphatic carbocycles. The first-order valence-electron chi connectivity index (χ1n) is 7.65. The summed E-state index contributed by atoms with van der Waals surface area (Å²) in [6.07, 6.45) is 3.47. The number of carbonyl (C=O) groups is 1. The molecule has 0 saturated carbocycles. The van der Waals surface area contributed by atoms with Crippen LogP contribution in [0.3, 0.4) is 0 Å². The van der Waals surface area contributed by atoms with Gasteiger partial charge < -0.3 is 15.6 Å². The number of nitrogens with zero attached hydrogens (tertiary/aromatic N) is 1. The molecule has 0 aliphatic heterocycles. The van der Waals surface area contributed by atoms with Crippen LogP contribution < -0.4 is 5.73 Å². The summed E-state index contributed by atoms with van der Waals surface area (Å²) in [7, 11) is 0. The molecule has 0 fully saturated rings. The topological polar surface area (TPSA) is 62.1 Å². The maximum Gasteiger partial charge on any atom is 0.240 e. The second-order valence-corrected chi connectivity index (χ2v) is 5.80. The summed E-state index contributed by atoms with van der Waals surface area (Å²) < 4.78 is 0. The summed E-state index contributed by atoms with van der Waals surface area (Å²) in [5, 5.41) is 1.15. The van der Waals surface area contributed by atoms with Crippen LogP contribution in [-0.4, -0.2) is 34.4 Å². The third-order valence-electron chi connectivity index (χ3n) is 3.80. The predicted octanol–water partition coefficient (Wildman–Crippen LogP) is 2.68. The molecular formula is C17H25N3O. The molecule has 1 amide bonds. The largest absolute Gasteiger partial charge is 0.361 e. The van der Waals surface area contributed by atoms with Crippen LogP contribution in [0.5, 0.6) is 0 Å². The third-order valence-corrected chi connectivity index (χ3v) is 3.80. The zero-order valence-electron chi connectivity index (χ0n) is 13.1. The Morgan fingerprint density at radius 3 is 2.71 bits per heavy atom. The number of hydrogen-bond donors (Lipinski definition) is 2. The smallest absolute Gasteiger partial charge is 0.240 e. The molecule has 2 aromatic rings. The van der Waals surface area contributed by atoms with E-state index in [0.717, 1.165) is 29.4 Å². The van der Waals surface area contributed by atoms with Crippen molar-refractivity contribution in [2.75, 3.05) is 6.54 Å². The van der Waals surface area contributed by atoms with E-state index in [1.165, 1.54) is 0 Å². The normalized spacial score (nSPS) is 12.8. The third kappa shape index (κ3) is 3.45. The van der Waals surface area contributed by atoms with Gasteiger partial charge in [-0.05, 0) is 38.3 Å². The van der Waals surface area contributed by atoms with Crippen LogP contribution in [-0.2, 0) is 11.2 Å². The van der Waals surface area contributed by atoms with Crippen molar-refractivity contribution in [2.24, 2.45) is 5.73 Å². The van der Waals surface area contributed by atoms with E-state index in [9.17, 15) is 4.79 Å². The Balaban J connectivity index is 2.13. The number of aromatic amines is 1. The number of carbonyl (C=O) groups excluding carboxylic acids is 1. The summed E-state index contributed by atoms with van der Waals surface area (Å²) in [5.41, 5.74) is 8.35. The summed E-state index contributed by atoms with van der Waals surface area (Å²) in [6, 6.07) is 7.79. The number of H-pyrrole nitrogens is 1. The molecule has 0 unspecified atom stereocenters. The molecule has 21 heavy (non-hydrogen) atoms. The Kier molecular flexibility index (Phi) is 5.02. The van der Waals surface area contributed by atoms with Gasteiger partial charge in [0.25, 0.3) is 0 Å². The predicted molar refractivity (Wildman–Crippen MR) is 87.1 cm³/mol. The lowest BCUT2D eigenvalue weighted by Gasteiger charge is -2.29. The number of nitrogens with two attached hydrogens (primary N) is 1. The van der Waals surface area contributed by atoms with Gasteiger partial charge in [0.2, 0.25) is 5.91 Å². The fourth-order valence-electron chi connectivity index (χ4n) is 2.70. The SMILES string of the molecule is CCCN(C(=O)[C@@H](N)Cc1c[nH]c2ccccc12)C(C)C. The van der Waals surface area contributed by atoms with Crippen LogP contribution in [0.1, 0.15) is 32.8 Å². The molecule has 0 saturated heterocycles. The van der Waals surface area contributed by atoms with Crippen molar-refractivity contribution in [2.45, 2.75) is 45.7 Å². The Labute approximate surface area is 126 Å². The van der Waals surface area contributed by atoms with Gasteiger partial charge in [-0.15, -0.1) is 0 Å². The number of aromatic nitrogens is 1. The molecule has 2 rings (SSSR count). The highest BCUT2D eigenvalue weighted by Crippen LogP contribution is 2.19. The number of para-hydroxylation sites is 1. The molecule has 4 heteroatoms. The number of nitrogens with one attached hydrogen (secondary N) is 1. The van der Waals surface area contributed by atoms with Gasteiger partial charge in [0, 0.05) is 29.7 Å². The van der Waals surface area contributed by atoms with Gasteiger partial charge in [-0.1, -0.05) is 25.1 Å². The van der Waals surface area contributed by atoms with E-state index >= 15 is 0 Å². The van der Waals surface area contributed by atoms with Crippen molar-refractivity contribution < 1.29 is 4.79 Å². The zero-order valence-corrected chi connectivity index (χ0v) is 13.1. The molecule has 114 valence electrons. The molecule has 0 radical (unpaired) electrons. The monoisotopic (exact) mass is 287 g/mol. The van der Waals surface area contributed by atoms with Crippen molar-refractivity contribution in [3.05, 3.63) is 36.0 Å². The van der Waals surface area contributed by atoms with Crippen molar-refractivity contribution >= 4 is 16.8 Å². The molecule has 1 aromatic heterocycles. The zero-order chi connectivity index (χ0) is 15.4. The highest BCUT2D eigenvalue weighted by molar-refractivity contribution is 5.86. The minimum atomic E-state index is -0.488. The average molecular weight is 287 g/mol. The maximum atomic E-state index is 12.5. The highest BCUT2D eigenvalue weighted by atomic mass is 16.2. The van der Waals surface area contributed by atoms with Crippen LogP contribution in [0, 0.1) is 0 Å². The van der Waals surface area contributed by atoms with E-state index in [0.29, 0.717) is 6.42 Å². The second-order valence-electron chi connectivity index (χ2n) is 5.80. The van der Waals surface area contributed by atoms with E-state index in [1.807, 2.05) is 43.1 Å². The Morgan fingerprint density at radius 1 is 1.33 bits per heavy atom. The standard InChI is InChI=1S/C17H25N3O/c1-4-9-20(12(2)3)17(21)15(18)10-13-11-19-16-8-6-5-7-14(13)16/h5-8,11-12,15,19H,4,9-10,18H2,1-3H3/t15-/m0/s1. The first-order valence-corrected chi connectivity index (χ1v) is 7.65. The molecule has 4 nitrogen and oxygen atoms in total. The van der Waals surface area contributed by atoms with E-state index in [4.69, 9.17) is 5.73 Å². The molecule has 1 aromatic carbocycles. The molecule has 3 N–H and O–H groups in total. The Hall–Kier alpha value is -1.81. The first kappa shape index (κ1) is 15.6. The molecule has 1 heterocycles. The summed E-state index contributed by atoms with van der Waals surface area (Å²) >= 11 is 0.